The zero-order valence-electron chi connectivity index (χ0n) is 12.6. The van der Waals surface area contributed by atoms with Gasteiger partial charge >= 0.3 is 0 Å². The van der Waals surface area contributed by atoms with Crippen LogP contribution in [0, 0.1) is 5.92 Å². The molecule has 0 radical (unpaired) electrons. The third-order valence-corrected chi connectivity index (χ3v) is 4.16. The van der Waals surface area contributed by atoms with Crippen molar-refractivity contribution in [2.75, 3.05) is 24.8 Å². The lowest BCUT2D eigenvalue weighted by atomic mass is 9.85. The van der Waals surface area contributed by atoms with Crippen LogP contribution in [0.2, 0.25) is 0 Å². The molecule has 2 amide bonds. The van der Waals surface area contributed by atoms with E-state index in [1.165, 1.54) is 6.92 Å². The van der Waals surface area contributed by atoms with Gasteiger partial charge in [0.2, 0.25) is 18.6 Å². The van der Waals surface area contributed by atoms with Crippen molar-refractivity contribution in [1.29, 1.82) is 0 Å². The SMILES string of the molecule is CC(=O)N(CCNC(=O)C1CCC1)c1ccc2c(c1)OCO2. The number of nitrogens with zero attached hydrogens (tertiary/aromatic N) is 1. The van der Waals surface area contributed by atoms with Gasteiger partial charge in [-0.3, -0.25) is 9.59 Å². The highest BCUT2D eigenvalue weighted by atomic mass is 16.7. The molecule has 1 aliphatic heterocycles. The summed E-state index contributed by atoms with van der Waals surface area (Å²) in [6.07, 6.45) is 3.09. The molecule has 1 aromatic carbocycles. The van der Waals surface area contributed by atoms with Crippen LogP contribution in [-0.2, 0) is 9.59 Å². The van der Waals surface area contributed by atoms with Gasteiger partial charge in [0.15, 0.2) is 11.5 Å². The lowest BCUT2D eigenvalue weighted by molar-refractivity contribution is -0.127. The molecule has 1 aliphatic carbocycles. The average Bonchev–Trinajstić information content (AvgIpc) is 2.88. The Morgan fingerprint density at radius 2 is 2.05 bits per heavy atom. The largest absolute Gasteiger partial charge is 0.454 e. The Bertz CT molecular complexity index is 584. The summed E-state index contributed by atoms with van der Waals surface area (Å²) >= 11 is 0. The third kappa shape index (κ3) is 3.00. The average molecular weight is 304 g/mol. The first-order chi connectivity index (χ1) is 10.6. The molecule has 1 fully saturated rings. The van der Waals surface area contributed by atoms with Crippen LogP contribution < -0.4 is 19.7 Å². The summed E-state index contributed by atoms with van der Waals surface area (Å²) in [5.74, 6) is 1.52. The molecular weight excluding hydrogens is 284 g/mol. The molecule has 22 heavy (non-hydrogen) atoms. The van der Waals surface area contributed by atoms with Gasteiger partial charge in [-0.15, -0.1) is 0 Å². The first kappa shape index (κ1) is 14.7. The van der Waals surface area contributed by atoms with Gasteiger partial charge in [0, 0.05) is 37.7 Å². The molecule has 1 saturated carbocycles. The molecule has 0 spiro atoms. The third-order valence-electron chi connectivity index (χ3n) is 4.16. The van der Waals surface area contributed by atoms with Gasteiger partial charge in [-0.25, -0.2) is 0 Å². The van der Waals surface area contributed by atoms with Crippen molar-refractivity contribution in [2.45, 2.75) is 26.2 Å². The van der Waals surface area contributed by atoms with Crippen molar-refractivity contribution >= 4 is 17.5 Å². The second-order valence-electron chi connectivity index (χ2n) is 5.63. The van der Waals surface area contributed by atoms with Crippen LogP contribution >= 0.6 is 0 Å². The van der Waals surface area contributed by atoms with Crippen LogP contribution in [0.1, 0.15) is 26.2 Å². The van der Waals surface area contributed by atoms with Crippen LogP contribution in [0.15, 0.2) is 18.2 Å². The predicted molar refractivity (Wildman–Crippen MR) is 80.9 cm³/mol. The first-order valence-corrected chi connectivity index (χ1v) is 7.60. The van der Waals surface area contributed by atoms with Crippen molar-refractivity contribution < 1.29 is 19.1 Å². The summed E-state index contributed by atoms with van der Waals surface area (Å²) in [7, 11) is 0. The lowest BCUT2D eigenvalue weighted by Gasteiger charge is -2.26. The van der Waals surface area contributed by atoms with E-state index in [1.807, 2.05) is 6.07 Å². The number of rotatable bonds is 5. The molecular formula is C16H20N2O4. The maximum atomic E-state index is 11.9. The highest BCUT2D eigenvalue weighted by Gasteiger charge is 2.25. The van der Waals surface area contributed by atoms with Gasteiger partial charge in [0.1, 0.15) is 0 Å². The molecule has 2 aliphatic rings. The Morgan fingerprint density at radius 3 is 2.73 bits per heavy atom. The van der Waals surface area contributed by atoms with Crippen molar-refractivity contribution in [3.63, 3.8) is 0 Å². The van der Waals surface area contributed by atoms with E-state index in [4.69, 9.17) is 9.47 Å². The number of carbonyl (C=O) groups is 2. The summed E-state index contributed by atoms with van der Waals surface area (Å²) in [6, 6.07) is 5.40. The number of nitrogens with one attached hydrogen (secondary N) is 1. The molecule has 0 aromatic heterocycles. The molecule has 0 saturated heterocycles. The van der Waals surface area contributed by atoms with E-state index in [0.717, 1.165) is 24.9 Å². The summed E-state index contributed by atoms with van der Waals surface area (Å²) in [5.41, 5.74) is 0.745. The topological polar surface area (TPSA) is 67.9 Å². The maximum Gasteiger partial charge on any atom is 0.231 e. The zero-order valence-corrected chi connectivity index (χ0v) is 12.6. The molecule has 0 unspecified atom stereocenters. The summed E-state index contributed by atoms with van der Waals surface area (Å²) in [5, 5.41) is 2.90. The van der Waals surface area contributed by atoms with Gasteiger partial charge in [-0.05, 0) is 25.0 Å². The van der Waals surface area contributed by atoms with E-state index >= 15 is 0 Å². The van der Waals surface area contributed by atoms with Crippen molar-refractivity contribution in [3.05, 3.63) is 18.2 Å². The minimum Gasteiger partial charge on any atom is -0.454 e. The van der Waals surface area contributed by atoms with E-state index in [0.29, 0.717) is 24.6 Å². The fourth-order valence-electron chi connectivity index (χ4n) is 2.63. The minimum atomic E-state index is -0.0724. The van der Waals surface area contributed by atoms with Gasteiger partial charge in [-0.2, -0.15) is 0 Å². The maximum absolute atomic E-state index is 11.9. The molecule has 0 atom stereocenters. The Labute approximate surface area is 129 Å². The Kier molecular flexibility index (Phi) is 4.18. The smallest absolute Gasteiger partial charge is 0.231 e. The van der Waals surface area contributed by atoms with Crippen molar-refractivity contribution in [1.82, 2.24) is 5.32 Å². The Balaban J connectivity index is 1.60. The number of amides is 2. The monoisotopic (exact) mass is 304 g/mol. The van der Waals surface area contributed by atoms with Crippen LogP contribution in [0.4, 0.5) is 5.69 Å². The van der Waals surface area contributed by atoms with Gasteiger partial charge in [0.25, 0.3) is 0 Å². The van der Waals surface area contributed by atoms with E-state index in [9.17, 15) is 9.59 Å². The van der Waals surface area contributed by atoms with E-state index < -0.39 is 0 Å². The molecule has 118 valence electrons. The zero-order chi connectivity index (χ0) is 15.5. The highest BCUT2D eigenvalue weighted by Crippen LogP contribution is 2.35. The lowest BCUT2D eigenvalue weighted by Crippen LogP contribution is -2.41. The molecule has 3 rings (SSSR count). The second-order valence-corrected chi connectivity index (χ2v) is 5.63. The molecule has 1 N–H and O–H groups in total. The van der Waals surface area contributed by atoms with E-state index in [2.05, 4.69) is 5.32 Å². The summed E-state index contributed by atoms with van der Waals surface area (Å²) in [6.45, 7) is 2.60. The van der Waals surface area contributed by atoms with E-state index in [1.54, 1.807) is 17.0 Å². The number of hydrogen-bond acceptors (Lipinski definition) is 4. The number of benzene rings is 1. The Hall–Kier alpha value is -2.24. The van der Waals surface area contributed by atoms with Crippen LogP contribution in [-0.4, -0.2) is 31.7 Å². The summed E-state index contributed by atoms with van der Waals surface area (Å²) < 4.78 is 10.6. The van der Waals surface area contributed by atoms with E-state index in [-0.39, 0.29) is 24.5 Å². The number of anilines is 1. The van der Waals surface area contributed by atoms with Gasteiger partial charge in [0.05, 0.1) is 0 Å². The normalized spacial score (nSPS) is 16.0. The number of hydrogen-bond donors (Lipinski definition) is 1. The van der Waals surface area contributed by atoms with Crippen LogP contribution in [0.25, 0.3) is 0 Å². The molecule has 0 bridgehead atoms. The van der Waals surface area contributed by atoms with Crippen molar-refractivity contribution in [2.24, 2.45) is 5.92 Å². The van der Waals surface area contributed by atoms with Gasteiger partial charge in [-0.1, -0.05) is 6.42 Å². The fraction of sp³-hybridized carbons (Fsp3) is 0.500. The molecule has 6 nitrogen and oxygen atoms in total. The first-order valence-electron chi connectivity index (χ1n) is 7.60. The predicted octanol–water partition coefficient (Wildman–Crippen LogP) is 1.68. The number of carbonyl (C=O) groups excluding carboxylic acids is 2. The van der Waals surface area contributed by atoms with Crippen molar-refractivity contribution in [3.8, 4) is 11.5 Å². The molecule has 1 aromatic rings. The Morgan fingerprint density at radius 1 is 1.27 bits per heavy atom. The second kappa shape index (κ2) is 6.25. The van der Waals surface area contributed by atoms with Gasteiger partial charge < -0.3 is 19.7 Å². The standard InChI is InChI=1S/C16H20N2O4/c1-11(19)18(8-7-17-16(20)12-3-2-4-12)13-5-6-14-15(9-13)22-10-21-14/h5-6,9,12H,2-4,7-8,10H2,1H3,(H,17,20). The number of ether oxygens (including phenoxy) is 2. The van der Waals surface area contributed by atoms with Crippen LogP contribution in [0.5, 0.6) is 11.5 Å². The van der Waals surface area contributed by atoms with Crippen LogP contribution in [0.3, 0.4) is 0 Å². The molecule has 6 heteroatoms. The quantitative estimate of drug-likeness (QED) is 0.899. The molecule has 1 heterocycles. The highest BCUT2D eigenvalue weighted by molar-refractivity contribution is 5.92. The number of fused-ring (bicyclic) bond motifs is 1. The fourth-order valence-corrected chi connectivity index (χ4v) is 2.63. The summed E-state index contributed by atoms with van der Waals surface area (Å²) in [4.78, 5) is 25.3. The minimum absolute atomic E-state index is 0.0724.